The van der Waals surface area contributed by atoms with E-state index in [0.717, 1.165) is 11.3 Å². The summed E-state index contributed by atoms with van der Waals surface area (Å²) < 4.78 is 8.20. The summed E-state index contributed by atoms with van der Waals surface area (Å²) in [5.41, 5.74) is 1.10. The fraction of sp³-hybridized carbons (Fsp3) is 0.263. The molecule has 0 unspecified atom stereocenters. The summed E-state index contributed by atoms with van der Waals surface area (Å²) in [5, 5.41) is 20.3. The summed E-state index contributed by atoms with van der Waals surface area (Å²) >= 11 is 0. The number of aliphatic carboxylic acids is 1. The van der Waals surface area contributed by atoms with Gasteiger partial charge in [0.05, 0.1) is 19.0 Å². The van der Waals surface area contributed by atoms with Gasteiger partial charge in [-0.2, -0.15) is 10.2 Å². The van der Waals surface area contributed by atoms with Crippen LogP contribution < -0.4 is 10.1 Å². The number of rotatable bonds is 6. The van der Waals surface area contributed by atoms with Crippen LogP contribution in [0, 0.1) is 6.92 Å². The molecule has 28 heavy (non-hydrogen) atoms. The van der Waals surface area contributed by atoms with Crippen LogP contribution in [0.3, 0.4) is 0 Å². The van der Waals surface area contributed by atoms with Gasteiger partial charge in [-0.15, -0.1) is 0 Å². The molecular weight excluding hydrogens is 362 g/mol. The SMILES string of the molecule is COc1ccc(C)cc1-n1ccc(C(=O)Nc2cnn(C(C)(C)C(=O)O)c2)n1. The number of carboxylic acid groups (broad SMARTS) is 1. The minimum absolute atomic E-state index is 0.203. The van der Waals surface area contributed by atoms with Crippen LogP contribution in [0.5, 0.6) is 5.75 Å². The second-order valence-electron chi connectivity index (χ2n) is 6.81. The van der Waals surface area contributed by atoms with Crippen molar-refractivity contribution < 1.29 is 19.4 Å². The molecule has 0 fully saturated rings. The Labute approximate surface area is 161 Å². The van der Waals surface area contributed by atoms with E-state index in [2.05, 4.69) is 15.5 Å². The van der Waals surface area contributed by atoms with Crippen molar-refractivity contribution in [3.8, 4) is 11.4 Å². The molecule has 0 saturated carbocycles. The highest BCUT2D eigenvalue weighted by Crippen LogP contribution is 2.24. The predicted octanol–water partition coefficient (Wildman–Crippen LogP) is 2.46. The fourth-order valence-electron chi connectivity index (χ4n) is 2.54. The van der Waals surface area contributed by atoms with Crippen molar-refractivity contribution in [1.82, 2.24) is 19.6 Å². The van der Waals surface area contributed by atoms with Gasteiger partial charge in [-0.3, -0.25) is 9.48 Å². The lowest BCUT2D eigenvalue weighted by Gasteiger charge is -2.19. The second kappa shape index (κ2) is 7.18. The van der Waals surface area contributed by atoms with Crippen molar-refractivity contribution in [3.63, 3.8) is 0 Å². The smallest absolute Gasteiger partial charge is 0.331 e. The summed E-state index contributed by atoms with van der Waals surface area (Å²) in [5.74, 6) is -0.824. The molecule has 3 rings (SSSR count). The van der Waals surface area contributed by atoms with Crippen LogP contribution >= 0.6 is 0 Å². The summed E-state index contributed by atoms with van der Waals surface area (Å²) in [4.78, 5) is 23.8. The molecule has 0 atom stereocenters. The van der Waals surface area contributed by atoms with Gasteiger partial charge < -0.3 is 15.2 Å². The maximum atomic E-state index is 12.5. The molecular formula is C19H21N5O4. The molecule has 0 aliphatic rings. The first kappa shape index (κ1) is 19.2. The molecule has 2 heterocycles. The van der Waals surface area contributed by atoms with Gasteiger partial charge in [0.1, 0.15) is 11.4 Å². The van der Waals surface area contributed by atoms with E-state index in [0.29, 0.717) is 11.4 Å². The van der Waals surface area contributed by atoms with Gasteiger partial charge in [0.25, 0.3) is 5.91 Å². The monoisotopic (exact) mass is 383 g/mol. The minimum Gasteiger partial charge on any atom is -0.494 e. The number of anilines is 1. The van der Waals surface area contributed by atoms with E-state index in [-0.39, 0.29) is 5.69 Å². The van der Waals surface area contributed by atoms with E-state index in [4.69, 9.17) is 4.74 Å². The molecule has 2 N–H and O–H groups in total. The predicted molar refractivity (Wildman–Crippen MR) is 102 cm³/mol. The number of carbonyl (C=O) groups excluding carboxylic acids is 1. The minimum atomic E-state index is -1.23. The first-order valence-corrected chi connectivity index (χ1v) is 8.53. The van der Waals surface area contributed by atoms with Crippen LogP contribution in [0.2, 0.25) is 0 Å². The van der Waals surface area contributed by atoms with Crippen molar-refractivity contribution in [2.75, 3.05) is 12.4 Å². The molecule has 1 aromatic carbocycles. The Hall–Kier alpha value is -3.62. The first-order valence-electron chi connectivity index (χ1n) is 8.53. The summed E-state index contributed by atoms with van der Waals surface area (Å²) in [7, 11) is 1.57. The van der Waals surface area contributed by atoms with Gasteiger partial charge in [0.15, 0.2) is 11.2 Å². The molecule has 0 spiro atoms. The number of methoxy groups -OCH3 is 1. The Morgan fingerprint density at radius 2 is 2.00 bits per heavy atom. The molecule has 146 valence electrons. The fourth-order valence-corrected chi connectivity index (χ4v) is 2.54. The zero-order valence-electron chi connectivity index (χ0n) is 16.0. The molecule has 0 aliphatic heterocycles. The molecule has 0 bridgehead atoms. The first-order chi connectivity index (χ1) is 13.2. The molecule has 0 saturated heterocycles. The van der Waals surface area contributed by atoms with Crippen molar-refractivity contribution in [2.24, 2.45) is 0 Å². The zero-order valence-corrected chi connectivity index (χ0v) is 16.0. The summed E-state index contributed by atoms with van der Waals surface area (Å²) in [6.45, 7) is 4.99. The van der Waals surface area contributed by atoms with Gasteiger partial charge in [-0.05, 0) is 44.5 Å². The van der Waals surface area contributed by atoms with Gasteiger partial charge in [0.2, 0.25) is 0 Å². The normalized spacial score (nSPS) is 11.3. The van der Waals surface area contributed by atoms with Gasteiger partial charge in [0, 0.05) is 12.4 Å². The molecule has 1 amide bonds. The molecule has 9 nitrogen and oxygen atoms in total. The molecule has 0 aliphatic carbocycles. The molecule has 9 heteroatoms. The lowest BCUT2D eigenvalue weighted by atomic mass is 10.1. The molecule has 0 radical (unpaired) electrons. The average Bonchev–Trinajstić information content (AvgIpc) is 3.31. The van der Waals surface area contributed by atoms with E-state index in [1.54, 1.807) is 24.1 Å². The van der Waals surface area contributed by atoms with Crippen LogP contribution in [0.4, 0.5) is 5.69 Å². The van der Waals surface area contributed by atoms with Crippen LogP contribution in [-0.2, 0) is 10.3 Å². The molecule has 3 aromatic rings. The largest absolute Gasteiger partial charge is 0.494 e. The number of hydrogen-bond acceptors (Lipinski definition) is 5. The van der Waals surface area contributed by atoms with Crippen molar-refractivity contribution >= 4 is 17.6 Å². The Bertz CT molecular complexity index is 1030. The second-order valence-corrected chi connectivity index (χ2v) is 6.81. The van der Waals surface area contributed by atoms with E-state index in [9.17, 15) is 14.7 Å². The van der Waals surface area contributed by atoms with E-state index in [1.807, 2.05) is 25.1 Å². The number of amides is 1. The van der Waals surface area contributed by atoms with Crippen molar-refractivity contribution in [2.45, 2.75) is 26.3 Å². The average molecular weight is 383 g/mol. The Kier molecular flexibility index (Phi) is 4.91. The summed E-state index contributed by atoms with van der Waals surface area (Å²) in [6, 6.07) is 7.26. The van der Waals surface area contributed by atoms with Gasteiger partial charge >= 0.3 is 5.97 Å². The van der Waals surface area contributed by atoms with Crippen LogP contribution in [0.15, 0.2) is 42.9 Å². The maximum Gasteiger partial charge on any atom is 0.331 e. The zero-order chi connectivity index (χ0) is 20.5. The lowest BCUT2D eigenvalue weighted by Crippen LogP contribution is -2.35. The third-order valence-corrected chi connectivity index (χ3v) is 4.34. The quantitative estimate of drug-likeness (QED) is 0.676. The Morgan fingerprint density at radius 1 is 1.25 bits per heavy atom. The standard InChI is InChI=1S/C19H21N5O4/c1-12-5-6-16(28-4)15(9-12)23-8-7-14(22-23)17(25)21-13-10-20-24(11-13)19(2,3)18(26)27/h5-11H,1-4H3,(H,21,25)(H,26,27). The number of aryl methyl sites for hydroxylation is 1. The number of benzene rings is 1. The Morgan fingerprint density at radius 3 is 2.68 bits per heavy atom. The third-order valence-electron chi connectivity index (χ3n) is 4.34. The highest BCUT2D eigenvalue weighted by atomic mass is 16.5. The van der Waals surface area contributed by atoms with E-state index < -0.39 is 17.4 Å². The van der Waals surface area contributed by atoms with Gasteiger partial charge in [-0.25, -0.2) is 9.48 Å². The van der Waals surface area contributed by atoms with Crippen molar-refractivity contribution in [1.29, 1.82) is 0 Å². The van der Waals surface area contributed by atoms with Crippen LogP contribution in [0.25, 0.3) is 5.69 Å². The lowest BCUT2D eigenvalue weighted by molar-refractivity contribution is -0.146. The number of nitrogens with one attached hydrogen (secondary N) is 1. The number of aromatic nitrogens is 4. The van der Waals surface area contributed by atoms with Crippen molar-refractivity contribution in [3.05, 3.63) is 54.1 Å². The van der Waals surface area contributed by atoms with E-state index >= 15 is 0 Å². The highest BCUT2D eigenvalue weighted by molar-refractivity contribution is 6.02. The number of carbonyl (C=O) groups is 2. The summed E-state index contributed by atoms with van der Waals surface area (Å²) in [6.07, 6.45) is 4.53. The number of carboxylic acids is 1. The number of ether oxygens (including phenoxy) is 1. The number of nitrogens with zero attached hydrogens (tertiary/aromatic N) is 4. The van der Waals surface area contributed by atoms with Crippen LogP contribution in [-0.4, -0.2) is 43.7 Å². The highest BCUT2D eigenvalue weighted by Gasteiger charge is 2.30. The Balaban J connectivity index is 1.80. The molecule has 2 aromatic heterocycles. The topological polar surface area (TPSA) is 111 Å². The van der Waals surface area contributed by atoms with E-state index in [1.165, 1.54) is 30.9 Å². The van der Waals surface area contributed by atoms with Crippen LogP contribution in [0.1, 0.15) is 29.9 Å². The third kappa shape index (κ3) is 3.59. The maximum absolute atomic E-state index is 12.5. The number of hydrogen-bond donors (Lipinski definition) is 2. The van der Waals surface area contributed by atoms with Gasteiger partial charge in [-0.1, -0.05) is 6.07 Å².